The number of piperidine rings is 1. The van der Waals surface area contributed by atoms with Gasteiger partial charge in [-0.15, -0.1) is 11.6 Å². The van der Waals surface area contributed by atoms with Crippen molar-refractivity contribution in [2.24, 2.45) is 5.92 Å². The van der Waals surface area contributed by atoms with E-state index >= 15 is 0 Å². The van der Waals surface area contributed by atoms with Gasteiger partial charge in [0.25, 0.3) is 0 Å². The lowest BCUT2D eigenvalue weighted by Gasteiger charge is -2.46. The van der Waals surface area contributed by atoms with Crippen molar-refractivity contribution in [3.63, 3.8) is 0 Å². The van der Waals surface area contributed by atoms with Gasteiger partial charge in [-0.05, 0) is 37.5 Å². The zero-order chi connectivity index (χ0) is 13.1. The molecule has 0 N–H and O–H groups in total. The van der Waals surface area contributed by atoms with E-state index in [0.717, 1.165) is 18.7 Å². The Morgan fingerprint density at radius 2 is 1.94 bits per heavy atom. The van der Waals surface area contributed by atoms with Crippen LogP contribution in [-0.2, 0) is 6.54 Å². The standard InChI is InChI=1S/C15H22ClNS/c1-11-8-15(16)14(10-18)12(2)17(11)9-13-6-4-3-5-7-13/h3-7,11-12,14-15,18H,8-10H2,1-2H3. The lowest BCUT2D eigenvalue weighted by Crippen LogP contribution is -2.52. The fourth-order valence-corrected chi connectivity index (χ4v) is 4.19. The van der Waals surface area contributed by atoms with E-state index in [4.69, 9.17) is 11.6 Å². The van der Waals surface area contributed by atoms with Crippen LogP contribution >= 0.6 is 24.2 Å². The molecule has 1 aliphatic heterocycles. The first-order chi connectivity index (χ1) is 8.63. The Morgan fingerprint density at radius 3 is 2.56 bits per heavy atom. The van der Waals surface area contributed by atoms with Gasteiger partial charge in [0.2, 0.25) is 0 Å². The molecular formula is C15H22ClNS. The summed E-state index contributed by atoms with van der Waals surface area (Å²) in [5.41, 5.74) is 1.38. The average molecular weight is 284 g/mol. The van der Waals surface area contributed by atoms with Gasteiger partial charge < -0.3 is 0 Å². The summed E-state index contributed by atoms with van der Waals surface area (Å²) in [5.74, 6) is 1.35. The van der Waals surface area contributed by atoms with Crippen molar-refractivity contribution in [1.82, 2.24) is 4.90 Å². The summed E-state index contributed by atoms with van der Waals surface area (Å²) in [6, 6.07) is 11.7. The third kappa shape index (κ3) is 3.04. The zero-order valence-electron chi connectivity index (χ0n) is 11.1. The third-order valence-electron chi connectivity index (χ3n) is 4.16. The van der Waals surface area contributed by atoms with E-state index < -0.39 is 0 Å². The molecule has 4 atom stereocenters. The molecule has 1 nitrogen and oxygen atoms in total. The van der Waals surface area contributed by atoms with Gasteiger partial charge in [-0.2, -0.15) is 12.6 Å². The van der Waals surface area contributed by atoms with Gasteiger partial charge in [-0.3, -0.25) is 4.90 Å². The molecule has 1 aromatic rings. The van der Waals surface area contributed by atoms with Crippen molar-refractivity contribution in [1.29, 1.82) is 0 Å². The van der Waals surface area contributed by atoms with Gasteiger partial charge >= 0.3 is 0 Å². The van der Waals surface area contributed by atoms with E-state index in [0.29, 0.717) is 18.0 Å². The highest BCUT2D eigenvalue weighted by Crippen LogP contribution is 2.33. The first kappa shape index (κ1) is 14.2. The fraction of sp³-hybridized carbons (Fsp3) is 0.600. The smallest absolute Gasteiger partial charge is 0.0401 e. The molecule has 0 spiro atoms. The summed E-state index contributed by atoms with van der Waals surface area (Å²) >= 11 is 10.9. The van der Waals surface area contributed by atoms with Crippen LogP contribution in [0.2, 0.25) is 0 Å². The normalized spacial score (nSPS) is 33.6. The summed E-state index contributed by atoms with van der Waals surface area (Å²) < 4.78 is 0. The molecule has 0 saturated carbocycles. The Balaban J connectivity index is 2.11. The Bertz CT molecular complexity index is 370. The van der Waals surface area contributed by atoms with Crippen molar-refractivity contribution < 1.29 is 0 Å². The van der Waals surface area contributed by atoms with Gasteiger partial charge in [0, 0.05) is 24.0 Å². The van der Waals surface area contributed by atoms with E-state index in [-0.39, 0.29) is 5.38 Å². The maximum atomic E-state index is 6.47. The Labute approximate surface area is 121 Å². The van der Waals surface area contributed by atoms with Crippen LogP contribution in [0, 0.1) is 5.92 Å². The number of rotatable bonds is 3. The number of alkyl halides is 1. The minimum atomic E-state index is 0.263. The molecular weight excluding hydrogens is 262 g/mol. The number of hydrogen-bond acceptors (Lipinski definition) is 2. The molecule has 1 heterocycles. The van der Waals surface area contributed by atoms with Gasteiger partial charge in [-0.1, -0.05) is 30.3 Å². The van der Waals surface area contributed by atoms with Crippen molar-refractivity contribution in [2.45, 2.75) is 44.3 Å². The quantitative estimate of drug-likeness (QED) is 0.652. The molecule has 0 bridgehead atoms. The van der Waals surface area contributed by atoms with Gasteiger partial charge in [-0.25, -0.2) is 0 Å². The second kappa shape index (κ2) is 6.31. The Hall–Kier alpha value is -0.180. The first-order valence-corrected chi connectivity index (χ1v) is 7.75. The Morgan fingerprint density at radius 1 is 1.28 bits per heavy atom. The van der Waals surface area contributed by atoms with Crippen molar-refractivity contribution in [3.8, 4) is 0 Å². The highest BCUT2D eigenvalue weighted by atomic mass is 35.5. The van der Waals surface area contributed by atoms with E-state index in [2.05, 4.69) is 61.7 Å². The van der Waals surface area contributed by atoms with Crippen LogP contribution in [0.15, 0.2) is 30.3 Å². The predicted octanol–water partition coefficient (Wildman–Crippen LogP) is 3.82. The minimum absolute atomic E-state index is 0.263. The average Bonchev–Trinajstić information content (AvgIpc) is 2.36. The molecule has 18 heavy (non-hydrogen) atoms. The minimum Gasteiger partial charge on any atom is -0.293 e. The van der Waals surface area contributed by atoms with Crippen molar-refractivity contribution in [2.75, 3.05) is 5.75 Å². The molecule has 1 aromatic carbocycles. The van der Waals surface area contributed by atoms with Gasteiger partial charge in [0.05, 0.1) is 0 Å². The van der Waals surface area contributed by atoms with Crippen molar-refractivity contribution in [3.05, 3.63) is 35.9 Å². The van der Waals surface area contributed by atoms with Crippen LogP contribution in [0.3, 0.4) is 0 Å². The molecule has 2 rings (SSSR count). The highest BCUT2D eigenvalue weighted by Gasteiger charge is 2.37. The first-order valence-electron chi connectivity index (χ1n) is 6.68. The SMILES string of the molecule is CC1CC(Cl)C(CS)C(C)N1Cc1ccccc1. The molecule has 1 fully saturated rings. The fourth-order valence-electron chi connectivity index (χ4n) is 2.95. The molecule has 100 valence electrons. The lowest BCUT2D eigenvalue weighted by molar-refractivity contribution is 0.0619. The van der Waals surface area contributed by atoms with Gasteiger partial charge in [0.1, 0.15) is 0 Å². The number of benzene rings is 1. The van der Waals surface area contributed by atoms with Crippen LogP contribution in [0.25, 0.3) is 0 Å². The molecule has 4 unspecified atom stereocenters. The van der Waals surface area contributed by atoms with E-state index in [1.165, 1.54) is 5.56 Å². The summed E-state index contributed by atoms with van der Waals surface area (Å²) in [6.45, 7) is 5.58. The molecule has 0 amide bonds. The second-order valence-corrected chi connectivity index (χ2v) is 6.27. The maximum Gasteiger partial charge on any atom is 0.0401 e. The molecule has 1 aliphatic rings. The summed E-state index contributed by atoms with van der Waals surface area (Å²) in [7, 11) is 0. The predicted molar refractivity (Wildman–Crippen MR) is 82.5 cm³/mol. The molecule has 3 heteroatoms. The molecule has 1 saturated heterocycles. The monoisotopic (exact) mass is 283 g/mol. The van der Waals surface area contributed by atoms with Crippen LogP contribution < -0.4 is 0 Å². The van der Waals surface area contributed by atoms with Crippen LogP contribution in [0.1, 0.15) is 25.8 Å². The van der Waals surface area contributed by atoms with Crippen molar-refractivity contribution >= 4 is 24.2 Å². The summed E-state index contributed by atoms with van der Waals surface area (Å²) in [4.78, 5) is 2.56. The third-order valence-corrected chi connectivity index (χ3v) is 5.08. The highest BCUT2D eigenvalue weighted by molar-refractivity contribution is 7.80. The van der Waals surface area contributed by atoms with E-state index in [1.54, 1.807) is 0 Å². The van der Waals surface area contributed by atoms with Crippen LogP contribution in [-0.4, -0.2) is 28.1 Å². The second-order valence-electron chi connectivity index (χ2n) is 5.35. The number of likely N-dealkylation sites (tertiary alicyclic amines) is 1. The summed E-state index contributed by atoms with van der Waals surface area (Å²) in [5, 5.41) is 0.263. The zero-order valence-corrected chi connectivity index (χ0v) is 12.7. The maximum absolute atomic E-state index is 6.47. The lowest BCUT2D eigenvalue weighted by atomic mass is 9.87. The van der Waals surface area contributed by atoms with Gasteiger partial charge in [0.15, 0.2) is 0 Å². The summed E-state index contributed by atoms with van der Waals surface area (Å²) in [6.07, 6.45) is 1.06. The Kier molecular flexibility index (Phi) is 4.99. The molecule has 0 aliphatic carbocycles. The number of thiol groups is 1. The van der Waals surface area contributed by atoms with E-state index in [1.807, 2.05) is 0 Å². The van der Waals surface area contributed by atoms with Crippen LogP contribution in [0.4, 0.5) is 0 Å². The number of nitrogens with zero attached hydrogens (tertiary/aromatic N) is 1. The van der Waals surface area contributed by atoms with Crippen LogP contribution in [0.5, 0.6) is 0 Å². The van der Waals surface area contributed by atoms with E-state index in [9.17, 15) is 0 Å². The molecule has 0 radical (unpaired) electrons. The topological polar surface area (TPSA) is 3.24 Å². The number of hydrogen-bond donors (Lipinski definition) is 1. The number of halogens is 1. The molecule has 0 aromatic heterocycles. The largest absolute Gasteiger partial charge is 0.293 e.